The lowest BCUT2D eigenvalue weighted by Crippen LogP contribution is -2.33. The number of benzene rings is 1. The second-order valence-electron chi connectivity index (χ2n) is 4.23. The molecule has 0 heterocycles. The fourth-order valence-corrected chi connectivity index (χ4v) is 2.52. The fraction of sp³-hybridized carbons (Fsp3) is 0.286. The first-order chi connectivity index (χ1) is 6.93. The molecule has 0 radical (unpaired) electrons. The smallest absolute Gasteiger partial charge is 0.0123 e. The molecule has 0 bridgehead atoms. The highest BCUT2D eigenvalue weighted by Gasteiger charge is 2.19. The highest BCUT2D eigenvalue weighted by molar-refractivity contribution is 5.44. The maximum Gasteiger partial charge on any atom is -0.0123 e. The van der Waals surface area contributed by atoms with E-state index in [0.29, 0.717) is 0 Å². The molecule has 1 aromatic carbocycles. The minimum Gasteiger partial charge on any atom is -0.0879 e. The molecule has 0 nitrogen and oxygen atoms in total. The third kappa shape index (κ3) is 1.22. The zero-order valence-electron chi connectivity index (χ0n) is 8.19. The SMILES string of the molecule is C1=CCC2C=c3ccccc3=CC2C1. The van der Waals surface area contributed by atoms with Gasteiger partial charge in [-0.1, -0.05) is 48.6 Å². The van der Waals surface area contributed by atoms with Crippen LogP contribution < -0.4 is 10.4 Å². The summed E-state index contributed by atoms with van der Waals surface area (Å²) in [6.45, 7) is 0. The van der Waals surface area contributed by atoms with Gasteiger partial charge in [0.15, 0.2) is 0 Å². The highest BCUT2D eigenvalue weighted by atomic mass is 14.2. The van der Waals surface area contributed by atoms with Gasteiger partial charge < -0.3 is 0 Å². The Hall–Kier alpha value is -1.30. The van der Waals surface area contributed by atoms with E-state index < -0.39 is 0 Å². The Balaban J connectivity index is 2.18. The van der Waals surface area contributed by atoms with Gasteiger partial charge in [-0.15, -0.1) is 0 Å². The summed E-state index contributed by atoms with van der Waals surface area (Å²) in [6.07, 6.45) is 12.0. The van der Waals surface area contributed by atoms with Crippen LogP contribution in [0.4, 0.5) is 0 Å². The summed E-state index contributed by atoms with van der Waals surface area (Å²) in [6, 6.07) is 8.70. The summed E-state index contributed by atoms with van der Waals surface area (Å²) in [7, 11) is 0. The van der Waals surface area contributed by atoms with Crippen LogP contribution in [0.5, 0.6) is 0 Å². The molecule has 0 amide bonds. The fourth-order valence-electron chi connectivity index (χ4n) is 2.52. The summed E-state index contributed by atoms with van der Waals surface area (Å²) < 4.78 is 0. The predicted octanol–water partition coefficient (Wildman–Crippen LogP) is 1.84. The lowest BCUT2D eigenvalue weighted by atomic mass is 9.79. The van der Waals surface area contributed by atoms with Crippen LogP contribution in [0.15, 0.2) is 36.4 Å². The van der Waals surface area contributed by atoms with Crippen molar-refractivity contribution < 1.29 is 0 Å². The average molecular weight is 182 g/mol. The van der Waals surface area contributed by atoms with Crippen molar-refractivity contribution in [2.45, 2.75) is 12.8 Å². The summed E-state index contributed by atoms with van der Waals surface area (Å²) >= 11 is 0. The van der Waals surface area contributed by atoms with Crippen molar-refractivity contribution in [2.24, 2.45) is 11.8 Å². The molecule has 0 spiro atoms. The molecular weight excluding hydrogens is 168 g/mol. The van der Waals surface area contributed by atoms with Gasteiger partial charge in [-0.25, -0.2) is 0 Å². The van der Waals surface area contributed by atoms with Crippen LogP contribution in [0.1, 0.15) is 12.8 Å². The number of rotatable bonds is 0. The van der Waals surface area contributed by atoms with Crippen molar-refractivity contribution in [1.29, 1.82) is 0 Å². The van der Waals surface area contributed by atoms with E-state index in [9.17, 15) is 0 Å². The number of hydrogen-bond acceptors (Lipinski definition) is 0. The molecule has 14 heavy (non-hydrogen) atoms. The highest BCUT2D eigenvalue weighted by Crippen LogP contribution is 2.28. The predicted molar refractivity (Wildman–Crippen MR) is 60.0 cm³/mol. The topological polar surface area (TPSA) is 0 Å². The lowest BCUT2D eigenvalue weighted by Gasteiger charge is -2.25. The second kappa shape index (κ2) is 3.13. The maximum atomic E-state index is 2.45. The Morgan fingerprint density at radius 2 is 1.29 bits per heavy atom. The molecule has 2 aliphatic rings. The molecule has 0 saturated heterocycles. The third-order valence-electron chi connectivity index (χ3n) is 3.32. The Kier molecular flexibility index (Phi) is 1.80. The standard InChI is InChI=1S/C14H14/c1-2-6-12-10-14-8-4-3-7-13(14)9-11(12)5-1/h1-6,9-10,13-14H,7-8H2. The summed E-state index contributed by atoms with van der Waals surface area (Å²) in [5.74, 6) is 1.49. The van der Waals surface area contributed by atoms with E-state index in [-0.39, 0.29) is 0 Å². The number of allylic oxidation sites excluding steroid dienone is 2. The summed E-state index contributed by atoms with van der Waals surface area (Å²) in [5.41, 5.74) is 0. The van der Waals surface area contributed by atoms with Crippen LogP contribution in [0.25, 0.3) is 12.2 Å². The molecule has 0 N–H and O–H groups in total. The molecule has 70 valence electrons. The molecule has 0 saturated carbocycles. The van der Waals surface area contributed by atoms with Gasteiger partial charge in [-0.2, -0.15) is 0 Å². The molecule has 3 rings (SSSR count). The van der Waals surface area contributed by atoms with Crippen LogP contribution in [0.3, 0.4) is 0 Å². The molecule has 2 aliphatic carbocycles. The largest absolute Gasteiger partial charge is 0.0879 e. The van der Waals surface area contributed by atoms with Crippen molar-refractivity contribution >= 4 is 12.2 Å². The zero-order chi connectivity index (χ0) is 9.38. The monoisotopic (exact) mass is 182 g/mol. The van der Waals surface area contributed by atoms with E-state index in [2.05, 4.69) is 48.6 Å². The number of hydrogen-bond donors (Lipinski definition) is 0. The molecule has 2 atom stereocenters. The van der Waals surface area contributed by atoms with Gasteiger partial charge in [-0.3, -0.25) is 0 Å². The summed E-state index contributed by atoms with van der Waals surface area (Å²) in [5, 5.41) is 2.84. The van der Waals surface area contributed by atoms with Crippen LogP contribution in [-0.4, -0.2) is 0 Å². The van der Waals surface area contributed by atoms with E-state index >= 15 is 0 Å². The van der Waals surface area contributed by atoms with E-state index in [1.807, 2.05) is 0 Å². The van der Waals surface area contributed by atoms with E-state index in [0.717, 1.165) is 11.8 Å². The Labute approximate surface area is 84.3 Å². The first-order valence-corrected chi connectivity index (χ1v) is 5.37. The van der Waals surface area contributed by atoms with E-state index in [1.165, 1.54) is 23.3 Å². The van der Waals surface area contributed by atoms with Gasteiger partial charge in [-0.05, 0) is 35.1 Å². The maximum absolute atomic E-state index is 2.45. The quantitative estimate of drug-likeness (QED) is 0.537. The van der Waals surface area contributed by atoms with Crippen LogP contribution in [0, 0.1) is 11.8 Å². The normalized spacial score (nSPS) is 28.3. The molecule has 0 fully saturated rings. The van der Waals surface area contributed by atoms with Gasteiger partial charge in [0.25, 0.3) is 0 Å². The molecule has 1 aromatic rings. The second-order valence-corrected chi connectivity index (χ2v) is 4.23. The van der Waals surface area contributed by atoms with Crippen LogP contribution in [0.2, 0.25) is 0 Å². The minimum absolute atomic E-state index is 0.745. The third-order valence-corrected chi connectivity index (χ3v) is 3.32. The average Bonchev–Trinajstić information content (AvgIpc) is 2.26. The minimum atomic E-state index is 0.745. The van der Waals surface area contributed by atoms with Gasteiger partial charge in [0.05, 0.1) is 0 Å². The van der Waals surface area contributed by atoms with Gasteiger partial charge >= 0.3 is 0 Å². The van der Waals surface area contributed by atoms with E-state index in [1.54, 1.807) is 0 Å². The Bertz CT molecular complexity index is 434. The van der Waals surface area contributed by atoms with Crippen molar-refractivity contribution in [3.05, 3.63) is 46.9 Å². The van der Waals surface area contributed by atoms with Crippen molar-refractivity contribution in [3.8, 4) is 0 Å². The first-order valence-electron chi connectivity index (χ1n) is 5.37. The van der Waals surface area contributed by atoms with Crippen molar-refractivity contribution in [3.63, 3.8) is 0 Å². The molecule has 2 unspecified atom stereocenters. The molecular formula is C14H14. The first kappa shape index (κ1) is 8.05. The van der Waals surface area contributed by atoms with Gasteiger partial charge in [0.2, 0.25) is 0 Å². The molecule has 0 aromatic heterocycles. The van der Waals surface area contributed by atoms with Gasteiger partial charge in [0.1, 0.15) is 0 Å². The Morgan fingerprint density at radius 1 is 0.786 bits per heavy atom. The van der Waals surface area contributed by atoms with Crippen LogP contribution >= 0.6 is 0 Å². The number of fused-ring (bicyclic) bond motifs is 2. The van der Waals surface area contributed by atoms with Crippen molar-refractivity contribution in [2.75, 3.05) is 0 Å². The van der Waals surface area contributed by atoms with E-state index in [4.69, 9.17) is 0 Å². The van der Waals surface area contributed by atoms with Crippen molar-refractivity contribution in [1.82, 2.24) is 0 Å². The van der Waals surface area contributed by atoms with Gasteiger partial charge in [0, 0.05) is 0 Å². The molecule has 0 heteroatoms. The molecule has 0 aliphatic heterocycles. The summed E-state index contributed by atoms with van der Waals surface area (Å²) in [4.78, 5) is 0. The lowest BCUT2D eigenvalue weighted by molar-refractivity contribution is 0.507. The zero-order valence-corrected chi connectivity index (χ0v) is 8.19. The van der Waals surface area contributed by atoms with Crippen LogP contribution in [-0.2, 0) is 0 Å². The Morgan fingerprint density at radius 3 is 1.79 bits per heavy atom.